The van der Waals surface area contributed by atoms with Crippen LogP contribution in [0.15, 0.2) is 53.6 Å². The summed E-state index contributed by atoms with van der Waals surface area (Å²) in [5, 5.41) is 19.6. The molecule has 174 valence electrons. The minimum Gasteiger partial charge on any atom is -0.490 e. The molecule has 0 aromatic heterocycles. The first-order valence-corrected chi connectivity index (χ1v) is 11.2. The number of nitrogens with zero attached hydrogens (tertiary/aromatic N) is 1. The van der Waals surface area contributed by atoms with Gasteiger partial charge in [0.15, 0.2) is 0 Å². The maximum atomic E-state index is 12.3. The molecule has 3 unspecified atom stereocenters. The van der Waals surface area contributed by atoms with Crippen molar-refractivity contribution in [2.24, 2.45) is 0 Å². The zero-order chi connectivity index (χ0) is 23.1. The van der Waals surface area contributed by atoms with E-state index in [0.29, 0.717) is 61.1 Å². The van der Waals surface area contributed by atoms with Gasteiger partial charge in [0.05, 0.1) is 43.8 Å². The number of halogens is 1. The first-order valence-electron chi connectivity index (χ1n) is 10.8. The topological polar surface area (TPSA) is 88.5 Å². The molecule has 1 amide bonds. The summed E-state index contributed by atoms with van der Waals surface area (Å²) in [6, 6.07) is 5.65. The quantitative estimate of drug-likeness (QED) is 0.599. The monoisotopic (exact) mass is 463 g/mol. The third kappa shape index (κ3) is 6.36. The second-order valence-electron chi connectivity index (χ2n) is 7.79. The van der Waals surface area contributed by atoms with Gasteiger partial charge in [0.25, 0.3) is 0 Å². The van der Waals surface area contributed by atoms with Crippen LogP contribution in [0.4, 0.5) is 10.5 Å². The molecule has 8 heteroatoms. The third-order valence-corrected chi connectivity index (χ3v) is 5.70. The van der Waals surface area contributed by atoms with Gasteiger partial charge in [-0.1, -0.05) is 36.4 Å². The molecule has 2 aliphatic heterocycles. The van der Waals surface area contributed by atoms with Crippen molar-refractivity contribution in [1.82, 2.24) is 0 Å². The van der Waals surface area contributed by atoms with E-state index >= 15 is 0 Å². The molecular weight excluding hydrogens is 434 g/mol. The average molecular weight is 464 g/mol. The average Bonchev–Trinajstić information content (AvgIpc) is 2.78. The van der Waals surface area contributed by atoms with Gasteiger partial charge >= 0.3 is 6.09 Å². The number of carbonyl (C=O) groups is 1. The van der Waals surface area contributed by atoms with Crippen LogP contribution in [0.2, 0.25) is 0 Å². The van der Waals surface area contributed by atoms with E-state index in [-0.39, 0.29) is 18.8 Å². The molecule has 2 N–H and O–H groups in total. The van der Waals surface area contributed by atoms with E-state index in [1.165, 1.54) is 0 Å². The van der Waals surface area contributed by atoms with Crippen LogP contribution in [0, 0.1) is 0 Å². The fourth-order valence-corrected chi connectivity index (χ4v) is 3.88. The summed E-state index contributed by atoms with van der Waals surface area (Å²) in [7, 11) is 0. The number of carbonyl (C=O) groups excluding carboxylic acids is 1. The van der Waals surface area contributed by atoms with Crippen molar-refractivity contribution in [1.29, 1.82) is 0 Å². The normalized spacial score (nSPS) is 23.6. The molecule has 7 nitrogen and oxygen atoms in total. The smallest absolute Gasteiger partial charge is 0.414 e. The minimum absolute atomic E-state index is 0.117. The van der Waals surface area contributed by atoms with E-state index in [9.17, 15) is 15.0 Å². The number of hydrogen-bond donors (Lipinski definition) is 2. The Balaban J connectivity index is 1.64. The van der Waals surface area contributed by atoms with Gasteiger partial charge in [-0.2, -0.15) is 0 Å². The molecule has 1 saturated heterocycles. The number of anilines is 1. The van der Waals surface area contributed by atoms with Gasteiger partial charge in [-0.25, -0.2) is 4.79 Å². The number of allylic oxidation sites excluding steroid dienone is 4. The second kappa shape index (κ2) is 11.5. The molecule has 3 atom stereocenters. The van der Waals surface area contributed by atoms with Crippen molar-refractivity contribution < 1.29 is 29.2 Å². The Morgan fingerprint density at radius 2 is 2.22 bits per heavy atom. The van der Waals surface area contributed by atoms with Crippen LogP contribution in [0.3, 0.4) is 0 Å². The summed E-state index contributed by atoms with van der Waals surface area (Å²) in [4.78, 5) is 13.8. The zero-order valence-electron chi connectivity index (χ0n) is 18.2. The fraction of sp³-hybridized carbons (Fsp3) is 0.458. The number of fused-ring (bicyclic) bond motifs is 1. The summed E-state index contributed by atoms with van der Waals surface area (Å²) in [6.07, 6.45) is 5.21. The van der Waals surface area contributed by atoms with Crippen LogP contribution in [0.1, 0.15) is 25.3 Å². The van der Waals surface area contributed by atoms with Crippen molar-refractivity contribution in [2.75, 3.05) is 31.3 Å². The lowest BCUT2D eigenvalue weighted by atomic mass is 10.0. The van der Waals surface area contributed by atoms with E-state index in [0.717, 1.165) is 5.56 Å². The van der Waals surface area contributed by atoms with Crippen LogP contribution in [0.5, 0.6) is 5.75 Å². The van der Waals surface area contributed by atoms with E-state index in [2.05, 4.69) is 6.58 Å². The summed E-state index contributed by atoms with van der Waals surface area (Å²) >= 11 is 6.42. The molecule has 1 aromatic carbocycles. The van der Waals surface area contributed by atoms with Crippen molar-refractivity contribution >= 4 is 23.4 Å². The fourth-order valence-electron chi connectivity index (χ4n) is 3.74. The summed E-state index contributed by atoms with van der Waals surface area (Å²) in [6.45, 7) is 6.88. The van der Waals surface area contributed by atoms with Crippen molar-refractivity contribution in [3.63, 3.8) is 0 Å². The van der Waals surface area contributed by atoms with Gasteiger partial charge in [0.2, 0.25) is 0 Å². The second-order valence-corrected chi connectivity index (χ2v) is 8.19. The summed E-state index contributed by atoms with van der Waals surface area (Å²) in [5.41, 5.74) is 2.33. The van der Waals surface area contributed by atoms with Crippen LogP contribution in [-0.2, 0) is 15.9 Å². The summed E-state index contributed by atoms with van der Waals surface area (Å²) in [5.74, 6) is 0.638. The highest BCUT2D eigenvalue weighted by molar-refractivity contribution is 6.32. The molecule has 0 bridgehead atoms. The highest BCUT2D eigenvalue weighted by Crippen LogP contribution is 2.34. The van der Waals surface area contributed by atoms with Crippen molar-refractivity contribution in [3.05, 3.63) is 59.2 Å². The number of amides is 1. The van der Waals surface area contributed by atoms with Crippen LogP contribution in [0.25, 0.3) is 0 Å². The molecule has 0 radical (unpaired) electrons. The number of rotatable bonds is 7. The number of hydrogen-bond acceptors (Lipinski definition) is 6. The molecule has 0 saturated carbocycles. The van der Waals surface area contributed by atoms with Gasteiger partial charge in [-0.15, -0.1) is 0 Å². The predicted octanol–water partition coefficient (Wildman–Crippen LogP) is 3.72. The minimum atomic E-state index is -0.493. The molecule has 2 aliphatic rings. The number of aliphatic hydroxyl groups excluding tert-OH is 2. The van der Waals surface area contributed by atoms with Gasteiger partial charge in [-0.05, 0) is 42.7 Å². The molecule has 1 aromatic rings. The first-order chi connectivity index (χ1) is 15.4. The highest BCUT2D eigenvalue weighted by Gasteiger charge is 2.26. The zero-order valence-corrected chi connectivity index (χ0v) is 19.0. The molecule has 2 heterocycles. The molecule has 3 rings (SSSR count). The predicted molar refractivity (Wildman–Crippen MR) is 123 cm³/mol. The Morgan fingerprint density at radius 1 is 1.41 bits per heavy atom. The molecule has 1 fully saturated rings. The van der Waals surface area contributed by atoms with Gasteiger partial charge in [0.1, 0.15) is 12.4 Å². The van der Waals surface area contributed by atoms with Gasteiger partial charge < -0.3 is 24.4 Å². The number of ether oxygens (including phenoxy) is 3. The van der Waals surface area contributed by atoms with Crippen molar-refractivity contribution in [2.45, 2.75) is 44.5 Å². The number of benzene rings is 1. The Kier molecular flexibility index (Phi) is 8.75. The van der Waals surface area contributed by atoms with Gasteiger partial charge in [-0.3, -0.25) is 4.90 Å². The van der Waals surface area contributed by atoms with Crippen LogP contribution in [-0.4, -0.2) is 61.0 Å². The van der Waals surface area contributed by atoms with Crippen LogP contribution >= 0.6 is 11.6 Å². The van der Waals surface area contributed by atoms with E-state index in [1.54, 1.807) is 24.0 Å². The maximum absolute atomic E-state index is 12.3. The molecule has 32 heavy (non-hydrogen) atoms. The molecule has 0 aliphatic carbocycles. The number of aliphatic hydroxyl groups is 2. The van der Waals surface area contributed by atoms with E-state index in [4.69, 9.17) is 25.8 Å². The molecule has 0 spiro atoms. The highest BCUT2D eigenvalue weighted by atomic mass is 35.5. The summed E-state index contributed by atoms with van der Waals surface area (Å²) < 4.78 is 16.5. The van der Waals surface area contributed by atoms with Crippen molar-refractivity contribution in [3.8, 4) is 5.75 Å². The standard InChI is InChI=1S/C24H30ClNO6/c1-3-30-24(29)26-9-10-31-23-8-7-17(12-22(23)26)11-16(2)21(25)6-4-5-19-13-18(28)14-20(15-27)32-19/h4-8,12,18-20,27-28H,2-3,9-11,13-15H2,1H3/b5-4+,21-6+. The first kappa shape index (κ1) is 24.3. The van der Waals surface area contributed by atoms with Gasteiger partial charge in [0, 0.05) is 17.9 Å². The lowest BCUT2D eigenvalue weighted by Crippen LogP contribution is -2.38. The lowest BCUT2D eigenvalue weighted by Gasteiger charge is -2.30. The largest absolute Gasteiger partial charge is 0.490 e. The maximum Gasteiger partial charge on any atom is 0.414 e. The Hall–Kier alpha value is -2.32. The Labute approximate surface area is 193 Å². The third-order valence-electron chi connectivity index (χ3n) is 5.31. The molecular formula is C24H30ClNO6. The Morgan fingerprint density at radius 3 is 2.97 bits per heavy atom. The lowest BCUT2D eigenvalue weighted by molar-refractivity contribution is -0.0935. The Bertz CT molecular complexity index is 883. The SMILES string of the molecule is C=C(Cc1ccc2c(c1)N(C(=O)OCC)CCO2)/C(Cl)=C\C=C\C1CC(O)CC(CO)O1. The van der Waals surface area contributed by atoms with Crippen LogP contribution < -0.4 is 9.64 Å². The van der Waals surface area contributed by atoms with E-state index < -0.39 is 12.2 Å². The van der Waals surface area contributed by atoms with E-state index in [1.807, 2.05) is 24.3 Å².